The molecule has 0 aliphatic heterocycles. The number of benzene rings is 1. The first-order valence-corrected chi connectivity index (χ1v) is 9.88. The van der Waals surface area contributed by atoms with Gasteiger partial charge >= 0.3 is 5.91 Å². The molecule has 1 amide bonds. The molecule has 1 aromatic carbocycles. The predicted molar refractivity (Wildman–Crippen MR) is 110 cm³/mol. The van der Waals surface area contributed by atoms with E-state index in [4.69, 9.17) is 4.98 Å². The Bertz CT molecular complexity index is 1120. The molecular weight excluding hydrogens is 372 g/mol. The first-order valence-electron chi connectivity index (χ1n) is 9.06. The Labute approximate surface area is 166 Å². The Balaban J connectivity index is 1.80. The van der Waals surface area contributed by atoms with Crippen molar-refractivity contribution in [1.82, 2.24) is 25.5 Å². The maximum Gasteiger partial charge on any atom is 0.362 e. The summed E-state index contributed by atoms with van der Waals surface area (Å²) in [5.74, 6) is -0.0726. The van der Waals surface area contributed by atoms with Gasteiger partial charge in [-0.25, -0.2) is 9.78 Å². The van der Waals surface area contributed by atoms with Crippen LogP contribution in [-0.4, -0.2) is 46.2 Å². The van der Waals surface area contributed by atoms with Crippen molar-refractivity contribution in [3.8, 4) is 21.1 Å². The maximum atomic E-state index is 12.8. The van der Waals surface area contributed by atoms with Crippen molar-refractivity contribution >= 4 is 28.1 Å². The number of carbonyl (C=O) groups excluding carboxylic acids is 1. The summed E-state index contributed by atoms with van der Waals surface area (Å²) in [4.78, 5) is 22.6. The zero-order valence-electron chi connectivity index (χ0n) is 15.7. The molecule has 4 aromatic rings. The van der Waals surface area contributed by atoms with Crippen molar-refractivity contribution in [3.63, 3.8) is 0 Å². The molecule has 3 aromatic heterocycles. The molecule has 4 N–H and O–H groups in total. The monoisotopic (exact) mass is 393 g/mol. The van der Waals surface area contributed by atoms with Gasteiger partial charge in [-0.2, -0.15) is 5.10 Å². The van der Waals surface area contributed by atoms with Crippen LogP contribution in [0.4, 0.5) is 0 Å². The van der Waals surface area contributed by atoms with Gasteiger partial charge in [-0.15, -0.1) is 11.3 Å². The fourth-order valence-corrected chi connectivity index (χ4v) is 4.14. The maximum absolute atomic E-state index is 12.8. The zero-order valence-corrected chi connectivity index (χ0v) is 16.5. The molecule has 8 heteroatoms. The summed E-state index contributed by atoms with van der Waals surface area (Å²) in [7, 11) is 1.87. The number of quaternary nitrogens is 1. The van der Waals surface area contributed by atoms with Crippen LogP contribution in [0.15, 0.2) is 42.7 Å². The van der Waals surface area contributed by atoms with Gasteiger partial charge in [-0.1, -0.05) is 24.3 Å². The molecule has 0 bridgehead atoms. The number of para-hydroxylation sites is 1. The normalized spacial score (nSPS) is 11.2. The highest BCUT2D eigenvalue weighted by Gasteiger charge is 2.24. The summed E-state index contributed by atoms with van der Waals surface area (Å²) in [6.07, 6.45) is 3.48. The van der Waals surface area contributed by atoms with Gasteiger partial charge in [0.2, 0.25) is 0 Å². The largest absolute Gasteiger partial charge is 0.362 e. The van der Waals surface area contributed by atoms with Crippen LogP contribution in [0.5, 0.6) is 0 Å². The number of aromatic nitrogens is 4. The van der Waals surface area contributed by atoms with Crippen LogP contribution in [0.3, 0.4) is 0 Å². The van der Waals surface area contributed by atoms with E-state index in [1.165, 1.54) is 11.3 Å². The minimum Gasteiger partial charge on any atom is -0.315 e. The van der Waals surface area contributed by atoms with Crippen molar-refractivity contribution in [2.24, 2.45) is 0 Å². The van der Waals surface area contributed by atoms with Crippen molar-refractivity contribution in [1.29, 1.82) is 0 Å². The van der Waals surface area contributed by atoms with Crippen LogP contribution >= 0.6 is 11.3 Å². The van der Waals surface area contributed by atoms with Crippen molar-refractivity contribution in [3.05, 3.63) is 54.0 Å². The summed E-state index contributed by atoms with van der Waals surface area (Å²) in [5.41, 5.74) is 4.20. The lowest BCUT2D eigenvalue weighted by Crippen LogP contribution is -2.89. The van der Waals surface area contributed by atoms with Gasteiger partial charge in [-0.3, -0.25) is 15.4 Å². The number of likely N-dealkylation sites (N-methyl/N-ethyl adjacent to an activating group) is 1. The van der Waals surface area contributed by atoms with E-state index in [-0.39, 0.29) is 5.91 Å². The molecule has 4 rings (SSSR count). The highest BCUT2D eigenvalue weighted by atomic mass is 32.1. The molecule has 0 saturated heterocycles. The predicted octanol–water partition coefficient (Wildman–Crippen LogP) is 1.98. The van der Waals surface area contributed by atoms with Crippen LogP contribution in [0.25, 0.3) is 32.0 Å². The Morgan fingerprint density at radius 2 is 2.18 bits per heavy atom. The number of primary amides is 1. The van der Waals surface area contributed by atoms with Crippen LogP contribution in [0.2, 0.25) is 0 Å². The first-order chi connectivity index (χ1) is 13.7. The number of hydrogen-bond donors (Lipinski definition) is 3. The number of carbonyl (C=O) groups is 1. The Morgan fingerprint density at radius 3 is 2.96 bits per heavy atom. The number of H-pyrrole nitrogens is 1. The van der Waals surface area contributed by atoms with E-state index in [1.807, 2.05) is 44.3 Å². The average molecular weight is 393 g/mol. The number of rotatable bonds is 6. The number of amides is 1. The third-order valence-corrected chi connectivity index (χ3v) is 5.63. The number of fused-ring (bicyclic) bond motifs is 1. The molecule has 0 radical (unpaired) electrons. The second-order valence-corrected chi connectivity index (χ2v) is 7.47. The van der Waals surface area contributed by atoms with Gasteiger partial charge in [0.15, 0.2) is 5.69 Å². The first kappa shape index (κ1) is 18.4. The van der Waals surface area contributed by atoms with Gasteiger partial charge in [-0.05, 0) is 25.6 Å². The summed E-state index contributed by atoms with van der Waals surface area (Å²) in [6, 6.07) is 9.87. The third-order valence-electron chi connectivity index (χ3n) is 4.51. The smallest absolute Gasteiger partial charge is 0.315 e. The van der Waals surface area contributed by atoms with E-state index in [2.05, 4.69) is 20.5 Å². The number of hydrogen-bond acceptors (Lipinski definition) is 6. The quantitative estimate of drug-likeness (QED) is 0.435. The zero-order chi connectivity index (χ0) is 19.5. The van der Waals surface area contributed by atoms with E-state index < -0.39 is 0 Å². The van der Waals surface area contributed by atoms with Gasteiger partial charge in [0.1, 0.15) is 10.7 Å². The topological polar surface area (TPSA) is 100 Å². The highest BCUT2D eigenvalue weighted by molar-refractivity contribution is 7.18. The molecule has 7 nitrogen and oxygen atoms in total. The minimum atomic E-state index is -0.0726. The number of aromatic amines is 1. The Hall–Kier alpha value is -2.94. The number of nitrogens with two attached hydrogens (primary N) is 1. The Kier molecular flexibility index (Phi) is 5.25. The van der Waals surface area contributed by atoms with Crippen LogP contribution < -0.4 is 10.6 Å². The molecule has 0 fully saturated rings. The van der Waals surface area contributed by atoms with E-state index in [0.717, 1.165) is 44.2 Å². The standard InChI is InChI=1S/C20H20N6OS/c1-12-5-3-7-14-15(12)25-26-16(14)20-24-17(19(27)23-10-9-21-2)18(28-20)13-6-4-8-22-11-13/h3-8,11,21H,9-10H2,1-2H3,(H,23,27)(H,25,26)/p+1. The molecular formula is C20H21N6OS+. The summed E-state index contributed by atoms with van der Waals surface area (Å²) >= 11 is 1.48. The van der Waals surface area contributed by atoms with E-state index in [0.29, 0.717) is 12.2 Å². The molecule has 0 atom stereocenters. The molecule has 0 spiro atoms. The highest BCUT2D eigenvalue weighted by Crippen LogP contribution is 2.37. The minimum absolute atomic E-state index is 0.0726. The number of pyridine rings is 1. The molecule has 0 aliphatic carbocycles. The second-order valence-electron chi connectivity index (χ2n) is 6.47. The number of thiazole rings is 1. The van der Waals surface area contributed by atoms with Crippen molar-refractivity contribution in [2.75, 3.05) is 20.1 Å². The SMILES string of the molecule is CNCC[NH2+]C(=O)c1nc(-c2[nH]nc3c(C)cccc23)sc1-c1cccnc1. The van der Waals surface area contributed by atoms with Crippen molar-refractivity contribution in [2.45, 2.75) is 6.92 Å². The van der Waals surface area contributed by atoms with Crippen LogP contribution in [0.1, 0.15) is 16.1 Å². The molecule has 0 aliphatic rings. The summed E-state index contributed by atoms with van der Waals surface area (Å²) in [6.45, 7) is 3.43. The lowest BCUT2D eigenvalue weighted by atomic mass is 10.1. The lowest BCUT2D eigenvalue weighted by Gasteiger charge is -2.00. The van der Waals surface area contributed by atoms with Gasteiger partial charge in [0.25, 0.3) is 0 Å². The van der Waals surface area contributed by atoms with E-state index in [1.54, 1.807) is 17.7 Å². The molecule has 28 heavy (non-hydrogen) atoms. The molecule has 0 unspecified atom stereocenters. The second kappa shape index (κ2) is 7.97. The van der Waals surface area contributed by atoms with Crippen LogP contribution in [0, 0.1) is 6.92 Å². The van der Waals surface area contributed by atoms with Crippen LogP contribution in [-0.2, 0) is 0 Å². The summed E-state index contributed by atoms with van der Waals surface area (Å²) in [5, 5.41) is 14.0. The number of nitrogens with one attached hydrogen (secondary N) is 2. The average Bonchev–Trinajstić information content (AvgIpc) is 3.34. The van der Waals surface area contributed by atoms with E-state index in [9.17, 15) is 4.79 Å². The Morgan fingerprint density at radius 1 is 1.29 bits per heavy atom. The lowest BCUT2D eigenvalue weighted by molar-refractivity contribution is -0.553. The molecule has 3 heterocycles. The fourth-order valence-electron chi connectivity index (χ4n) is 3.08. The van der Waals surface area contributed by atoms with Gasteiger partial charge in [0, 0.05) is 29.9 Å². The molecule has 0 saturated carbocycles. The van der Waals surface area contributed by atoms with Gasteiger partial charge < -0.3 is 5.32 Å². The fraction of sp³-hybridized carbons (Fsp3) is 0.200. The number of aryl methyl sites for hydroxylation is 1. The van der Waals surface area contributed by atoms with Gasteiger partial charge in [0.05, 0.1) is 16.9 Å². The summed E-state index contributed by atoms with van der Waals surface area (Å²) < 4.78 is 0. The molecule has 142 valence electrons. The van der Waals surface area contributed by atoms with E-state index >= 15 is 0 Å². The third kappa shape index (κ3) is 3.45. The van der Waals surface area contributed by atoms with Crippen molar-refractivity contribution < 1.29 is 10.1 Å². The number of nitrogens with zero attached hydrogens (tertiary/aromatic N) is 3.